The van der Waals surface area contributed by atoms with Crippen LogP contribution in [0.2, 0.25) is 5.04 Å². The van der Waals surface area contributed by atoms with Crippen LogP contribution in [0.15, 0.2) is 91.0 Å². The molecule has 3 rings (SSSR count). The fourth-order valence-corrected chi connectivity index (χ4v) is 10.7. The predicted molar refractivity (Wildman–Crippen MR) is 162 cm³/mol. The molecular formula is C34H48O3Si. The van der Waals surface area contributed by atoms with Gasteiger partial charge in [-0.25, -0.2) is 0 Å². The van der Waals surface area contributed by atoms with Crippen LogP contribution in [0, 0.1) is 5.92 Å². The van der Waals surface area contributed by atoms with Crippen molar-refractivity contribution >= 4 is 18.7 Å². The first-order valence-electron chi connectivity index (χ1n) is 14.2. The average Bonchev–Trinajstić information content (AvgIpc) is 2.88. The first kappa shape index (κ1) is 30.3. The molecule has 3 aromatic carbocycles. The second kappa shape index (κ2) is 13.2. The van der Waals surface area contributed by atoms with Gasteiger partial charge in [-0.2, -0.15) is 0 Å². The zero-order valence-corrected chi connectivity index (χ0v) is 25.5. The maximum Gasteiger partial charge on any atom is 0.261 e. The summed E-state index contributed by atoms with van der Waals surface area (Å²) >= 11 is 0. The van der Waals surface area contributed by atoms with Crippen molar-refractivity contribution in [1.82, 2.24) is 0 Å². The molecule has 0 radical (unpaired) electrons. The fourth-order valence-electron chi connectivity index (χ4n) is 6.02. The maximum atomic E-state index is 11.6. The lowest BCUT2D eigenvalue weighted by Crippen LogP contribution is -2.67. The minimum atomic E-state index is -2.67. The molecule has 0 unspecified atom stereocenters. The van der Waals surface area contributed by atoms with E-state index in [1.54, 1.807) is 0 Å². The van der Waals surface area contributed by atoms with Gasteiger partial charge in [0, 0.05) is 12.5 Å². The summed E-state index contributed by atoms with van der Waals surface area (Å²) in [7, 11) is -2.67. The van der Waals surface area contributed by atoms with Gasteiger partial charge in [-0.1, -0.05) is 126 Å². The summed E-state index contributed by atoms with van der Waals surface area (Å²) in [6.45, 7) is 15.9. The SMILES string of the molecule is CC[C@@H](OCc1ccccc1)[C@@H](C)C[C@](C)(O)C[C@@H](C)O[Si](c1ccccc1)(c1ccccc1)C(C)(C)C. The van der Waals surface area contributed by atoms with E-state index in [1.807, 2.05) is 25.1 Å². The van der Waals surface area contributed by atoms with Gasteiger partial charge in [-0.3, -0.25) is 0 Å². The molecule has 0 aromatic heterocycles. The summed E-state index contributed by atoms with van der Waals surface area (Å²) in [5.41, 5.74) is 0.311. The van der Waals surface area contributed by atoms with Gasteiger partial charge < -0.3 is 14.3 Å². The molecule has 206 valence electrons. The van der Waals surface area contributed by atoms with Gasteiger partial charge in [0.1, 0.15) is 0 Å². The number of aliphatic hydroxyl groups is 1. The molecule has 0 bridgehead atoms. The lowest BCUT2D eigenvalue weighted by molar-refractivity contribution is -0.0481. The van der Waals surface area contributed by atoms with Crippen molar-refractivity contribution in [2.24, 2.45) is 5.92 Å². The van der Waals surface area contributed by atoms with Gasteiger partial charge in [-0.05, 0) is 53.6 Å². The van der Waals surface area contributed by atoms with Crippen LogP contribution < -0.4 is 10.4 Å². The molecule has 38 heavy (non-hydrogen) atoms. The van der Waals surface area contributed by atoms with E-state index in [0.717, 1.165) is 6.42 Å². The molecule has 0 aliphatic carbocycles. The van der Waals surface area contributed by atoms with Crippen molar-refractivity contribution in [3.05, 3.63) is 96.6 Å². The first-order chi connectivity index (χ1) is 18.0. The third kappa shape index (κ3) is 7.66. The predicted octanol–water partition coefficient (Wildman–Crippen LogP) is 7.11. The largest absolute Gasteiger partial charge is 0.405 e. The van der Waals surface area contributed by atoms with Gasteiger partial charge in [0.05, 0.1) is 18.3 Å². The molecule has 0 spiro atoms. The van der Waals surface area contributed by atoms with Crippen molar-refractivity contribution < 1.29 is 14.3 Å². The van der Waals surface area contributed by atoms with E-state index < -0.39 is 13.9 Å². The summed E-state index contributed by atoms with van der Waals surface area (Å²) in [5, 5.41) is 14.0. The van der Waals surface area contributed by atoms with E-state index in [9.17, 15) is 5.11 Å². The van der Waals surface area contributed by atoms with Gasteiger partial charge in [0.25, 0.3) is 8.32 Å². The van der Waals surface area contributed by atoms with E-state index in [1.165, 1.54) is 15.9 Å². The van der Waals surface area contributed by atoms with Crippen LogP contribution >= 0.6 is 0 Å². The summed E-state index contributed by atoms with van der Waals surface area (Å²) in [5.74, 6) is 0.221. The molecule has 0 saturated heterocycles. The van der Waals surface area contributed by atoms with Crippen molar-refractivity contribution in [2.45, 2.75) is 97.2 Å². The van der Waals surface area contributed by atoms with Crippen LogP contribution in [-0.2, 0) is 15.8 Å². The Morgan fingerprint density at radius 3 is 1.66 bits per heavy atom. The number of ether oxygens (including phenoxy) is 1. The normalized spacial score (nSPS) is 16.4. The molecule has 0 saturated carbocycles. The molecule has 4 atom stereocenters. The highest BCUT2D eigenvalue weighted by Gasteiger charge is 2.51. The quantitative estimate of drug-likeness (QED) is 0.238. The average molecular weight is 533 g/mol. The Hall–Kier alpha value is -2.24. The molecule has 4 heteroatoms. The van der Waals surface area contributed by atoms with E-state index in [0.29, 0.717) is 19.4 Å². The minimum absolute atomic E-state index is 0.0922. The summed E-state index contributed by atoms with van der Waals surface area (Å²) in [6, 6.07) is 31.7. The first-order valence-corrected chi connectivity index (χ1v) is 16.1. The van der Waals surface area contributed by atoms with Gasteiger partial charge in [0.15, 0.2) is 0 Å². The third-order valence-electron chi connectivity index (χ3n) is 7.63. The molecule has 3 aromatic rings. The number of benzene rings is 3. The lowest BCUT2D eigenvalue weighted by Gasteiger charge is -2.45. The van der Waals surface area contributed by atoms with Crippen LogP contribution in [0.5, 0.6) is 0 Å². The molecule has 0 heterocycles. The standard InChI is InChI=1S/C34H48O3Si/c1-8-32(36-26-29-18-12-9-13-19-29)27(2)24-34(7,35)25-28(3)37-38(33(4,5)6,30-20-14-10-15-21-30)31-22-16-11-17-23-31/h9-23,27-28,32,35H,8,24-26H2,1-7H3/t27-,28+,32+,34-/m0/s1. The van der Waals surface area contributed by atoms with E-state index in [2.05, 4.69) is 114 Å². The second-order valence-electron chi connectivity index (χ2n) is 12.2. The van der Waals surface area contributed by atoms with E-state index >= 15 is 0 Å². The summed E-state index contributed by atoms with van der Waals surface area (Å²) in [4.78, 5) is 0. The highest BCUT2D eigenvalue weighted by molar-refractivity contribution is 6.99. The third-order valence-corrected chi connectivity index (χ3v) is 12.8. The van der Waals surface area contributed by atoms with Crippen LogP contribution in [-0.4, -0.2) is 31.2 Å². The van der Waals surface area contributed by atoms with Crippen LogP contribution in [0.1, 0.15) is 73.3 Å². The second-order valence-corrected chi connectivity index (χ2v) is 16.5. The van der Waals surface area contributed by atoms with E-state index in [-0.39, 0.29) is 23.2 Å². The molecule has 0 aliphatic heterocycles. The molecule has 0 aliphatic rings. The molecule has 0 amide bonds. The Balaban J connectivity index is 1.77. The number of rotatable bonds is 13. The number of hydrogen-bond acceptors (Lipinski definition) is 3. The Kier molecular flexibility index (Phi) is 10.5. The summed E-state index contributed by atoms with van der Waals surface area (Å²) in [6.07, 6.45) is 2.12. The Morgan fingerprint density at radius 2 is 1.21 bits per heavy atom. The smallest absolute Gasteiger partial charge is 0.261 e. The molecular weight excluding hydrogens is 484 g/mol. The Morgan fingerprint density at radius 1 is 0.737 bits per heavy atom. The number of hydrogen-bond donors (Lipinski definition) is 1. The molecule has 0 fully saturated rings. The van der Waals surface area contributed by atoms with Crippen LogP contribution in [0.25, 0.3) is 0 Å². The molecule has 3 nitrogen and oxygen atoms in total. The molecule has 1 N–H and O–H groups in total. The topological polar surface area (TPSA) is 38.7 Å². The van der Waals surface area contributed by atoms with Crippen LogP contribution in [0.3, 0.4) is 0 Å². The van der Waals surface area contributed by atoms with Crippen molar-refractivity contribution in [2.75, 3.05) is 0 Å². The van der Waals surface area contributed by atoms with Gasteiger partial charge in [0.2, 0.25) is 0 Å². The zero-order chi connectivity index (χ0) is 27.8. The highest BCUT2D eigenvalue weighted by Crippen LogP contribution is 2.38. The Bertz CT molecular complexity index is 1040. The van der Waals surface area contributed by atoms with E-state index in [4.69, 9.17) is 9.16 Å². The monoisotopic (exact) mass is 532 g/mol. The minimum Gasteiger partial charge on any atom is -0.405 e. The zero-order valence-electron chi connectivity index (χ0n) is 24.5. The van der Waals surface area contributed by atoms with Crippen LogP contribution in [0.4, 0.5) is 0 Å². The summed E-state index contributed by atoms with van der Waals surface area (Å²) < 4.78 is 13.5. The van der Waals surface area contributed by atoms with Crippen molar-refractivity contribution in [3.8, 4) is 0 Å². The van der Waals surface area contributed by atoms with Crippen molar-refractivity contribution in [3.63, 3.8) is 0 Å². The Labute approximate surface area is 232 Å². The lowest BCUT2D eigenvalue weighted by atomic mass is 9.85. The van der Waals surface area contributed by atoms with Gasteiger partial charge >= 0.3 is 0 Å². The van der Waals surface area contributed by atoms with Crippen molar-refractivity contribution in [1.29, 1.82) is 0 Å². The fraction of sp³-hybridized carbons (Fsp3) is 0.471. The highest BCUT2D eigenvalue weighted by atomic mass is 28.4. The van der Waals surface area contributed by atoms with Gasteiger partial charge in [-0.15, -0.1) is 0 Å². The maximum absolute atomic E-state index is 11.6.